The summed E-state index contributed by atoms with van der Waals surface area (Å²) in [4.78, 5) is 4.36. The standard InChI is InChI=1S/C19H19NO/c1-12-10-14(3)17(11-13(12)2)19(21)16-6-4-8-18-15(16)7-5-9-20-18/h4-11,19,21H,1-3H3. The average molecular weight is 277 g/mol. The van der Waals surface area contributed by atoms with E-state index in [2.05, 4.69) is 31.0 Å². The van der Waals surface area contributed by atoms with E-state index in [9.17, 15) is 5.11 Å². The number of pyridine rings is 1. The first-order chi connectivity index (χ1) is 10.1. The summed E-state index contributed by atoms with van der Waals surface area (Å²) in [7, 11) is 0. The number of aromatic nitrogens is 1. The Bertz CT molecular complexity index is 803. The highest BCUT2D eigenvalue weighted by molar-refractivity contribution is 5.82. The van der Waals surface area contributed by atoms with Crippen LogP contribution in [0, 0.1) is 20.8 Å². The van der Waals surface area contributed by atoms with Crippen molar-refractivity contribution in [1.82, 2.24) is 4.98 Å². The molecule has 0 saturated carbocycles. The molecular weight excluding hydrogens is 258 g/mol. The molecular formula is C19H19NO. The van der Waals surface area contributed by atoms with Crippen molar-refractivity contribution in [1.29, 1.82) is 0 Å². The van der Waals surface area contributed by atoms with Gasteiger partial charge in [0.05, 0.1) is 5.52 Å². The monoisotopic (exact) mass is 277 g/mol. The smallest absolute Gasteiger partial charge is 0.105 e. The Morgan fingerprint density at radius 3 is 2.43 bits per heavy atom. The van der Waals surface area contributed by atoms with Crippen molar-refractivity contribution < 1.29 is 5.11 Å². The lowest BCUT2D eigenvalue weighted by molar-refractivity contribution is 0.221. The lowest BCUT2D eigenvalue weighted by Gasteiger charge is -2.18. The zero-order valence-electron chi connectivity index (χ0n) is 12.6. The number of aliphatic hydroxyl groups excluding tert-OH is 1. The second kappa shape index (κ2) is 5.30. The SMILES string of the molecule is Cc1cc(C)c(C(O)c2cccc3ncccc23)cc1C. The molecule has 1 heterocycles. The maximum Gasteiger partial charge on any atom is 0.105 e. The number of nitrogens with zero attached hydrogens (tertiary/aromatic N) is 1. The Morgan fingerprint density at radius 1 is 0.857 bits per heavy atom. The molecule has 2 heteroatoms. The molecule has 1 N–H and O–H groups in total. The van der Waals surface area contributed by atoms with E-state index in [1.54, 1.807) is 6.20 Å². The number of aryl methyl sites for hydroxylation is 3. The summed E-state index contributed by atoms with van der Waals surface area (Å²) < 4.78 is 0. The highest BCUT2D eigenvalue weighted by Crippen LogP contribution is 2.31. The summed E-state index contributed by atoms with van der Waals surface area (Å²) in [6, 6.07) is 14.0. The molecule has 1 unspecified atom stereocenters. The number of aliphatic hydroxyl groups is 1. The van der Waals surface area contributed by atoms with Gasteiger partial charge in [-0.2, -0.15) is 0 Å². The van der Waals surface area contributed by atoms with Crippen molar-refractivity contribution >= 4 is 10.9 Å². The quantitative estimate of drug-likeness (QED) is 0.760. The van der Waals surface area contributed by atoms with Gasteiger partial charge in [-0.3, -0.25) is 4.98 Å². The van der Waals surface area contributed by atoms with Crippen LogP contribution in [0.25, 0.3) is 10.9 Å². The fraction of sp³-hybridized carbons (Fsp3) is 0.211. The minimum absolute atomic E-state index is 0.628. The van der Waals surface area contributed by atoms with Crippen LogP contribution in [-0.4, -0.2) is 10.1 Å². The first-order valence-corrected chi connectivity index (χ1v) is 7.17. The summed E-state index contributed by atoms with van der Waals surface area (Å²) in [6.45, 7) is 6.23. The topological polar surface area (TPSA) is 33.1 Å². The maximum absolute atomic E-state index is 10.9. The third-order valence-electron chi connectivity index (χ3n) is 4.15. The first kappa shape index (κ1) is 13.8. The number of hydrogen-bond acceptors (Lipinski definition) is 2. The highest BCUT2D eigenvalue weighted by Gasteiger charge is 2.16. The van der Waals surface area contributed by atoms with E-state index in [4.69, 9.17) is 0 Å². The molecule has 0 saturated heterocycles. The minimum atomic E-state index is -0.628. The average Bonchev–Trinajstić information content (AvgIpc) is 2.49. The fourth-order valence-corrected chi connectivity index (χ4v) is 2.81. The number of fused-ring (bicyclic) bond motifs is 1. The van der Waals surface area contributed by atoms with Gasteiger partial charge in [0.15, 0.2) is 0 Å². The normalized spacial score (nSPS) is 12.6. The summed E-state index contributed by atoms with van der Waals surface area (Å²) in [5, 5.41) is 11.9. The summed E-state index contributed by atoms with van der Waals surface area (Å²) >= 11 is 0. The molecule has 106 valence electrons. The van der Waals surface area contributed by atoms with Crippen LogP contribution in [0.1, 0.15) is 33.9 Å². The van der Waals surface area contributed by atoms with Crippen LogP contribution in [-0.2, 0) is 0 Å². The molecule has 0 amide bonds. The van der Waals surface area contributed by atoms with E-state index in [1.165, 1.54) is 11.1 Å². The number of benzene rings is 2. The molecule has 0 fully saturated rings. The Balaban J connectivity index is 2.17. The third-order valence-corrected chi connectivity index (χ3v) is 4.15. The predicted molar refractivity (Wildman–Crippen MR) is 86.5 cm³/mol. The molecule has 0 spiro atoms. The number of hydrogen-bond donors (Lipinski definition) is 1. The molecule has 0 aliphatic heterocycles. The molecule has 3 rings (SSSR count). The molecule has 0 bridgehead atoms. The van der Waals surface area contributed by atoms with Gasteiger partial charge in [-0.25, -0.2) is 0 Å². The van der Waals surface area contributed by atoms with Crippen molar-refractivity contribution in [3.8, 4) is 0 Å². The van der Waals surface area contributed by atoms with Crippen LogP contribution in [0.4, 0.5) is 0 Å². The summed E-state index contributed by atoms with van der Waals surface area (Å²) in [6.07, 6.45) is 1.15. The van der Waals surface area contributed by atoms with E-state index >= 15 is 0 Å². The van der Waals surface area contributed by atoms with Gasteiger partial charge in [-0.05, 0) is 60.7 Å². The van der Waals surface area contributed by atoms with Crippen LogP contribution >= 0.6 is 0 Å². The van der Waals surface area contributed by atoms with Crippen LogP contribution < -0.4 is 0 Å². The molecule has 1 atom stereocenters. The second-order valence-corrected chi connectivity index (χ2v) is 5.61. The molecule has 2 aromatic carbocycles. The molecule has 0 aliphatic rings. The minimum Gasteiger partial charge on any atom is -0.384 e. The van der Waals surface area contributed by atoms with Gasteiger partial charge in [0.2, 0.25) is 0 Å². The van der Waals surface area contributed by atoms with Gasteiger partial charge in [0, 0.05) is 11.6 Å². The van der Waals surface area contributed by atoms with Crippen molar-refractivity contribution in [3.63, 3.8) is 0 Å². The van der Waals surface area contributed by atoms with Gasteiger partial charge in [-0.1, -0.05) is 30.3 Å². The lowest BCUT2D eigenvalue weighted by atomic mass is 9.92. The van der Waals surface area contributed by atoms with Crippen molar-refractivity contribution in [2.24, 2.45) is 0 Å². The molecule has 0 radical (unpaired) electrons. The van der Waals surface area contributed by atoms with Crippen LogP contribution in [0.2, 0.25) is 0 Å². The molecule has 3 aromatic rings. The largest absolute Gasteiger partial charge is 0.384 e. The van der Waals surface area contributed by atoms with Gasteiger partial charge < -0.3 is 5.11 Å². The lowest BCUT2D eigenvalue weighted by Crippen LogP contribution is -2.04. The van der Waals surface area contributed by atoms with Crippen LogP contribution in [0.5, 0.6) is 0 Å². The Morgan fingerprint density at radius 2 is 1.62 bits per heavy atom. The third kappa shape index (κ3) is 2.43. The van der Waals surface area contributed by atoms with E-state index in [0.29, 0.717) is 0 Å². The Labute approximate surface area is 125 Å². The van der Waals surface area contributed by atoms with Gasteiger partial charge >= 0.3 is 0 Å². The fourth-order valence-electron chi connectivity index (χ4n) is 2.81. The molecule has 1 aromatic heterocycles. The van der Waals surface area contributed by atoms with Crippen LogP contribution in [0.15, 0.2) is 48.7 Å². The molecule has 2 nitrogen and oxygen atoms in total. The van der Waals surface area contributed by atoms with E-state index in [-0.39, 0.29) is 0 Å². The van der Waals surface area contributed by atoms with E-state index < -0.39 is 6.10 Å². The van der Waals surface area contributed by atoms with E-state index in [0.717, 1.165) is 27.6 Å². The Kier molecular flexibility index (Phi) is 3.48. The second-order valence-electron chi connectivity index (χ2n) is 5.61. The van der Waals surface area contributed by atoms with Gasteiger partial charge in [-0.15, -0.1) is 0 Å². The Hall–Kier alpha value is -2.19. The maximum atomic E-state index is 10.9. The zero-order valence-corrected chi connectivity index (χ0v) is 12.6. The molecule has 21 heavy (non-hydrogen) atoms. The van der Waals surface area contributed by atoms with E-state index in [1.807, 2.05) is 37.3 Å². The summed E-state index contributed by atoms with van der Waals surface area (Å²) in [5.41, 5.74) is 6.36. The predicted octanol–water partition coefficient (Wildman–Crippen LogP) is 4.24. The number of rotatable bonds is 2. The van der Waals surface area contributed by atoms with Crippen molar-refractivity contribution in [2.45, 2.75) is 26.9 Å². The molecule has 0 aliphatic carbocycles. The van der Waals surface area contributed by atoms with Gasteiger partial charge in [0.25, 0.3) is 0 Å². The zero-order chi connectivity index (χ0) is 15.0. The van der Waals surface area contributed by atoms with Crippen LogP contribution in [0.3, 0.4) is 0 Å². The van der Waals surface area contributed by atoms with Crippen molar-refractivity contribution in [3.05, 3.63) is 76.5 Å². The van der Waals surface area contributed by atoms with Crippen molar-refractivity contribution in [2.75, 3.05) is 0 Å². The summed E-state index contributed by atoms with van der Waals surface area (Å²) in [5.74, 6) is 0. The highest BCUT2D eigenvalue weighted by atomic mass is 16.3. The first-order valence-electron chi connectivity index (χ1n) is 7.17. The van der Waals surface area contributed by atoms with Gasteiger partial charge in [0.1, 0.15) is 6.10 Å².